The number of carbonyl (C=O) groups excluding carboxylic acids is 1. The lowest BCUT2D eigenvalue weighted by molar-refractivity contribution is -0.123. The van der Waals surface area contributed by atoms with E-state index in [4.69, 9.17) is 9.84 Å². The van der Waals surface area contributed by atoms with Crippen LogP contribution in [0.15, 0.2) is 24.3 Å². The molecule has 0 unspecified atom stereocenters. The zero-order chi connectivity index (χ0) is 16.5. The first-order valence-corrected chi connectivity index (χ1v) is 8.17. The van der Waals surface area contributed by atoms with Crippen LogP contribution >= 0.6 is 0 Å². The number of likely N-dealkylation sites (tertiary alicyclic amines) is 1. The van der Waals surface area contributed by atoms with E-state index in [1.807, 2.05) is 18.2 Å². The summed E-state index contributed by atoms with van der Waals surface area (Å²) >= 11 is 0. The molecule has 0 aliphatic carbocycles. The van der Waals surface area contributed by atoms with Crippen LogP contribution in [-0.2, 0) is 11.3 Å². The Labute approximate surface area is 137 Å². The van der Waals surface area contributed by atoms with Crippen LogP contribution in [0.5, 0.6) is 5.75 Å². The van der Waals surface area contributed by atoms with E-state index in [1.165, 1.54) is 5.56 Å². The fraction of sp³-hybridized carbons (Fsp3) is 0.588. The molecule has 1 aromatic rings. The summed E-state index contributed by atoms with van der Waals surface area (Å²) in [5.41, 5.74) is 1.20. The first-order chi connectivity index (χ1) is 11.2. The van der Waals surface area contributed by atoms with Crippen LogP contribution in [-0.4, -0.2) is 60.0 Å². The minimum atomic E-state index is -0.476. The average molecular weight is 322 g/mol. The maximum Gasteiger partial charge on any atom is 0.245 e. The molecule has 0 aromatic heterocycles. The third kappa shape index (κ3) is 6.56. The molecule has 0 atom stereocenters. The number of piperidine rings is 1. The normalized spacial score (nSPS) is 16.3. The molecular formula is C17H26N2O4. The zero-order valence-corrected chi connectivity index (χ0v) is 13.4. The second kappa shape index (κ2) is 9.50. The molecule has 6 nitrogen and oxygen atoms in total. The van der Waals surface area contributed by atoms with Gasteiger partial charge in [0.25, 0.3) is 0 Å². The topological polar surface area (TPSA) is 82.0 Å². The molecule has 3 N–H and O–H groups in total. The zero-order valence-electron chi connectivity index (χ0n) is 13.4. The van der Waals surface area contributed by atoms with Crippen molar-refractivity contribution < 1.29 is 19.7 Å². The summed E-state index contributed by atoms with van der Waals surface area (Å²) < 4.78 is 5.70. The smallest absolute Gasteiger partial charge is 0.245 e. The summed E-state index contributed by atoms with van der Waals surface area (Å²) in [6.07, 6.45) is 2.23. The molecule has 1 saturated heterocycles. The molecule has 2 rings (SSSR count). The van der Waals surface area contributed by atoms with Gasteiger partial charge in [0.2, 0.25) is 5.91 Å². The predicted molar refractivity (Wildman–Crippen MR) is 87.2 cm³/mol. The fourth-order valence-electron chi connectivity index (χ4n) is 2.62. The highest BCUT2D eigenvalue weighted by Crippen LogP contribution is 2.18. The van der Waals surface area contributed by atoms with Gasteiger partial charge >= 0.3 is 0 Å². The van der Waals surface area contributed by atoms with Gasteiger partial charge in [0.1, 0.15) is 12.4 Å². The predicted octanol–water partition coefficient (Wildman–Crippen LogP) is 0.521. The SMILES string of the molecule is O=C(CO)NCCCOc1cccc(CN2CCC(O)CC2)c1. The van der Waals surface area contributed by atoms with E-state index in [9.17, 15) is 9.90 Å². The number of ether oxygens (including phenoxy) is 1. The number of hydrogen-bond donors (Lipinski definition) is 3. The third-order valence-corrected chi connectivity index (χ3v) is 3.92. The maximum atomic E-state index is 10.9. The molecule has 1 heterocycles. The van der Waals surface area contributed by atoms with E-state index in [-0.39, 0.29) is 12.0 Å². The minimum Gasteiger partial charge on any atom is -0.494 e. The van der Waals surface area contributed by atoms with Gasteiger partial charge in [0.05, 0.1) is 12.7 Å². The lowest BCUT2D eigenvalue weighted by Crippen LogP contribution is -2.35. The van der Waals surface area contributed by atoms with Gasteiger partial charge in [0.15, 0.2) is 0 Å². The van der Waals surface area contributed by atoms with Gasteiger partial charge in [0, 0.05) is 26.2 Å². The van der Waals surface area contributed by atoms with E-state index in [1.54, 1.807) is 0 Å². The van der Waals surface area contributed by atoms with E-state index in [0.29, 0.717) is 19.6 Å². The summed E-state index contributed by atoms with van der Waals surface area (Å²) in [4.78, 5) is 13.2. The van der Waals surface area contributed by atoms with Crippen LogP contribution in [0.3, 0.4) is 0 Å². The fourth-order valence-corrected chi connectivity index (χ4v) is 2.62. The first kappa shape index (κ1) is 17.7. The highest BCUT2D eigenvalue weighted by molar-refractivity contribution is 5.76. The van der Waals surface area contributed by atoms with Gasteiger partial charge in [-0.3, -0.25) is 9.69 Å². The average Bonchev–Trinajstić information content (AvgIpc) is 2.57. The summed E-state index contributed by atoms with van der Waals surface area (Å²) in [6, 6.07) is 8.03. The monoisotopic (exact) mass is 322 g/mol. The van der Waals surface area contributed by atoms with Gasteiger partial charge in [-0.05, 0) is 37.0 Å². The highest BCUT2D eigenvalue weighted by Gasteiger charge is 2.16. The highest BCUT2D eigenvalue weighted by atomic mass is 16.5. The van der Waals surface area contributed by atoms with Crippen LogP contribution in [0.25, 0.3) is 0 Å². The molecule has 1 amide bonds. The van der Waals surface area contributed by atoms with Crippen molar-refractivity contribution in [2.75, 3.05) is 32.8 Å². The molecule has 1 aliphatic rings. The summed E-state index contributed by atoms with van der Waals surface area (Å²) in [5, 5.41) is 20.7. The Hall–Kier alpha value is -1.63. The van der Waals surface area contributed by atoms with Crippen molar-refractivity contribution in [3.63, 3.8) is 0 Å². The molecule has 128 valence electrons. The van der Waals surface area contributed by atoms with Gasteiger partial charge in [-0.25, -0.2) is 0 Å². The van der Waals surface area contributed by atoms with Crippen molar-refractivity contribution in [1.29, 1.82) is 0 Å². The lowest BCUT2D eigenvalue weighted by atomic mass is 10.1. The summed E-state index contributed by atoms with van der Waals surface area (Å²) in [5.74, 6) is 0.465. The van der Waals surface area contributed by atoms with E-state index in [2.05, 4.69) is 16.3 Å². The van der Waals surface area contributed by atoms with Crippen molar-refractivity contribution in [1.82, 2.24) is 10.2 Å². The van der Waals surface area contributed by atoms with Crippen molar-refractivity contribution in [3.8, 4) is 5.75 Å². The molecule has 0 spiro atoms. The number of nitrogens with one attached hydrogen (secondary N) is 1. The van der Waals surface area contributed by atoms with E-state index in [0.717, 1.165) is 38.2 Å². The Kier molecular flexibility index (Phi) is 7.32. The van der Waals surface area contributed by atoms with Crippen LogP contribution in [0.2, 0.25) is 0 Å². The number of carbonyl (C=O) groups is 1. The van der Waals surface area contributed by atoms with Gasteiger partial charge < -0.3 is 20.3 Å². The molecule has 1 aliphatic heterocycles. The second-order valence-electron chi connectivity index (χ2n) is 5.86. The summed E-state index contributed by atoms with van der Waals surface area (Å²) in [6.45, 7) is 3.26. The minimum absolute atomic E-state index is 0.146. The Morgan fingerprint density at radius 1 is 1.35 bits per heavy atom. The third-order valence-electron chi connectivity index (χ3n) is 3.92. The molecule has 0 bridgehead atoms. The first-order valence-electron chi connectivity index (χ1n) is 8.17. The van der Waals surface area contributed by atoms with E-state index >= 15 is 0 Å². The second-order valence-corrected chi connectivity index (χ2v) is 5.86. The molecular weight excluding hydrogens is 296 g/mol. The Bertz CT molecular complexity index is 487. The Morgan fingerprint density at radius 3 is 2.87 bits per heavy atom. The van der Waals surface area contributed by atoms with Crippen LogP contribution < -0.4 is 10.1 Å². The van der Waals surface area contributed by atoms with Gasteiger partial charge in [-0.2, -0.15) is 0 Å². The maximum absolute atomic E-state index is 10.9. The van der Waals surface area contributed by atoms with Gasteiger partial charge in [-0.15, -0.1) is 0 Å². The number of hydrogen-bond acceptors (Lipinski definition) is 5. The number of benzene rings is 1. The van der Waals surface area contributed by atoms with Crippen molar-refractivity contribution in [2.24, 2.45) is 0 Å². The lowest BCUT2D eigenvalue weighted by Gasteiger charge is -2.29. The quantitative estimate of drug-likeness (QED) is 0.608. The van der Waals surface area contributed by atoms with Gasteiger partial charge in [-0.1, -0.05) is 12.1 Å². The van der Waals surface area contributed by atoms with Crippen LogP contribution in [0.1, 0.15) is 24.8 Å². The number of aliphatic hydroxyl groups excluding tert-OH is 2. The standard InChI is InChI=1S/C17H26N2O4/c20-13-17(22)18-7-2-10-23-16-4-1-3-14(11-16)12-19-8-5-15(21)6-9-19/h1,3-4,11,15,20-21H,2,5-10,12-13H2,(H,18,22). The van der Waals surface area contributed by atoms with Crippen LogP contribution in [0.4, 0.5) is 0 Å². The molecule has 1 fully saturated rings. The number of rotatable bonds is 8. The summed E-state index contributed by atoms with van der Waals surface area (Å²) in [7, 11) is 0. The Morgan fingerprint density at radius 2 is 2.13 bits per heavy atom. The number of nitrogens with zero attached hydrogens (tertiary/aromatic N) is 1. The van der Waals surface area contributed by atoms with E-state index < -0.39 is 6.61 Å². The molecule has 1 aromatic carbocycles. The largest absolute Gasteiger partial charge is 0.494 e. The van der Waals surface area contributed by atoms with Crippen molar-refractivity contribution in [2.45, 2.75) is 31.9 Å². The number of amides is 1. The molecule has 6 heteroatoms. The van der Waals surface area contributed by atoms with Crippen molar-refractivity contribution >= 4 is 5.91 Å². The molecule has 23 heavy (non-hydrogen) atoms. The van der Waals surface area contributed by atoms with Crippen LogP contribution in [0, 0.1) is 0 Å². The molecule has 0 radical (unpaired) electrons. The van der Waals surface area contributed by atoms with Crippen molar-refractivity contribution in [3.05, 3.63) is 29.8 Å². The number of aliphatic hydroxyl groups is 2. The molecule has 0 saturated carbocycles. The Balaban J connectivity index is 1.71.